The van der Waals surface area contributed by atoms with Crippen molar-refractivity contribution in [3.8, 4) is 11.4 Å². The van der Waals surface area contributed by atoms with Gasteiger partial charge in [0.15, 0.2) is 0 Å². The third-order valence-electron chi connectivity index (χ3n) is 5.31. The fourth-order valence-electron chi connectivity index (χ4n) is 3.51. The number of hydrogen-bond acceptors (Lipinski definition) is 4. The van der Waals surface area contributed by atoms with Crippen LogP contribution in [0.1, 0.15) is 29.4 Å². The van der Waals surface area contributed by atoms with E-state index in [1.54, 1.807) is 26.0 Å². The zero-order valence-electron chi connectivity index (χ0n) is 18.7. The number of hydrogen-bond donors (Lipinski definition) is 0. The molecule has 0 spiro atoms. The molecule has 2 heterocycles. The van der Waals surface area contributed by atoms with Crippen LogP contribution in [0, 0.1) is 19.7 Å². The maximum Gasteiger partial charge on any atom is 0.573 e. The molecule has 0 aliphatic rings. The van der Waals surface area contributed by atoms with Crippen LogP contribution in [-0.2, 0) is 0 Å². The largest absolute Gasteiger partial charge is 0.573 e. The van der Waals surface area contributed by atoms with Crippen molar-refractivity contribution in [2.45, 2.75) is 27.1 Å². The minimum absolute atomic E-state index is 0.0122. The lowest BCUT2D eigenvalue weighted by molar-refractivity contribution is -0.274. The predicted molar refractivity (Wildman–Crippen MR) is 126 cm³/mol. The number of fused-ring (bicyclic) bond motifs is 1. The van der Waals surface area contributed by atoms with Gasteiger partial charge in [0.05, 0.1) is 5.52 Å². The molecule has 10 heteroatoms. The van der Waals surface area contributed by atoms with Crippen LogP contribution in [0.15, 0.2) is 53.3 Å². The SMILES string of the molecule is C/C(=C\c1ccc(OC(F)(F)F)cc1)c1nn(-c2ccc(Cl)cc2F)c2cc(C)c(C)nc2c1=O. The van der Waals surface area contributed by atoms with Crippen molar-refractivity contribution in [1.29, 1.82) is 0 Å². The quantitative estimate of drug-likeness (QED) is 0.293. The number of aryl methyl sites for hydroxylation is 2. The van der Waals surface area contributed by atoms with Gasteiger partial charge in [0.1, 0.15) is 28.5 Å². The second kappa shape index (κ2) is 9.14. The average molecular weight is 504 g/mol. The van der Waals surface area contributed by atoms with Gasteiger partial charge in [-0.2, -0.15) is 5.10 Å². The number of rotatable bonds is 4. The van der Waals surface area contributed by atoms with Gasteiger partial charge >= 0.3 is 6.36 Å². The van der Waals surface area contributed by atoms with Gasteiger partial charge in [0.25, 0.3) is 0 Å². The molecule has 35 heavy (non-hydrogen) atoms. The summed E-state index contributed by atoms with van der Waals surface area (Å²) in [5.74, 6) is -1.01. The zero-order chi connectivity index (χ0) is 25.5. The zero-order valence-corrected chi connectivity index (χ0v) is 19.5. The van der Waals surface area contributed by atoms with Crippen molar-refractivity contribution >= 4 is 34.3 Å². The van der Waals surface area contributed by atoms with Crippen molar-refractivity contribution in [3.05, 3.63) is 92.1 Å². The number of benzene rings is 2. The van der Waals surface area contributed by atoms with Crippen LogP contribution in [-0.4, -0.2) is 21.1 Å². The number of halogens is 5. The molecule has 4 aromatic rings. The Morgan fingerprint density at radius 2 is 1.77 bits per heavy atom. The molecular weight excluding hydrogens is 486 g/mol. The molecule has 2 aromatic heterocycles. The molecule has 0 aliphatic carbocycles. The van der Waals surface area contributed by atoms with E-state index >= 15 is 0 Å². The maximum absolute atomic E-state index is 14.8. The summed E-state index contributed by atoms with van der Waals surface area (Å²) in [5, 5.41) is 4.64. The van der Waals surface area contributed by atoms with Gasteiger partial charge in [-0.3, -0.25) is 4.79 Å². The number of allylic oxidation sites excluding steroid dienone is 1. The van der Waals surface area contributed by atoms with Crippen LogP contribution in [0.5, 0.6) is 5.75 Å². The Kier molecular flexibility index (Phi) is 6.38. The van der Waals surface area contributed by atoms with E-state index < -0.39 is 17.6 Å². The van der Waals surface area contributed by atoms with Crippen LogP contribution in [0.2, 0.25) is 5.02 Å². The number of pyridine rings is 1. The van der Waals surface area contributed by atoms with E-state index in [0.29, 0.717) is 22.3 Å². The van der Waals surface area contributed by atoms with E-state index in [1.807, 2.05) is 6.92 Å². The van der Waals surface area contributed by atoms with Crippen LogP contribution in [0.4, 0.5) is 17.6 Å². The summed E-state index contributed by atoms with van der Waals surface area (Å²) in [6.07, 6.45) is -3.22. The highest BCUT2D eigenvalue weighted by atomic mass is 35.5. The molecule has 0 unspecified atom stereocenters. The molecule has 0 fully saturated rings. The Morgan fingerprint density at radius 3 is 2.40 bits per heavy atom. The minimum Gasteiger partial charge on any atom is -0.406 e. The molecule has 0 radical (unpaired) electrons. The molecule has 5 nitrogen and oxygen atoms in total. The van der Waals surface area contributed by atoms with Crippen LogP contribution in [0.25, 0.3) is 28.4 Å². The third-order valence-corrected chi connectivity index (χ3v) is 5.55. The molecule has 0 saturated heterocycles. The van der Waals surface area contributed by atoms with E-state index in [-0.39, 0.29) is 27.7 Å². The minimum atomic E-state index is -4.80. The Balaban J connectivity index is 1.88. The van der Waals surface area contributed by atoms with Crippen molar-refractivity contribution in [3.63, 3.8) is 0 Å². The summed E-state index contributed by atoms with van der Waals surface area (Å²) in [6, 6.07) is 11.0. The van der Waals surface area contributed by atoms with Gasteiger partial charge in [0, 0.05) is 10.7 Å². The standard InChI is InChI=1S/C25H18ClF4N3O2/c1-13-11-21-23(31-15(13)3)24(34)22(32-33(21)20-9-6-17(26)12-19(20)27)14(2)10-16-4-7-18(8-5-16)35-25(28,29)30/h4-12H,1-3H3/b14-10+. The van der Waals surface area contributed by atoms with Crippen LogP contribution >= 0.6 is 11.6 Å². The molecule has 4 rings (SSSR count). The van der Waals surface area contributed by atoms with E-state index in [4.69, 9.17) is 11.6 Å². The second-order valence-corrected chi connectivity index (χ2v) is 8.32. The van der Waals surface area contributed by atoms with Gasteiger partial charge in [-0.05, 0) is 79.9 Å². The van der Waals surface area contributed by atoms with Crippen molar-refractivity contribution in [2.75, 3.05) is 0 Å². The summed E-state index contributed by atoms with van der Waals surface area (Å²) in [4.78, 5) is 17.7. The first-order chi connectivity index (χ1) is 16.4. The molecule has 0 bridgehead atoms. The number of aromatic nitrogens is 3. The normalized spacial score (nSPS) is 12.3. The first-order valence-electron chi connectivity index (χ1n) is 10.3. The number of nitrogens with zero attached hydrogens (tertiary/aromatic N) is 3. The highest BCUT2D eigenvalue weighted by molar-refractivity contribution is 6.30. The molecule has 0 N–H and O–H groups in total. The Labute approximate surface area is 202 Å². The topological polar surface area (TPSA) is 57.0 Å². The van der Waals surface area contributed by atoms with E-state index in [9.17, 15) is 22.4 Å². The van der Waals surface area contributed by atoms with Gasteiger partial charge in [0.2, 0.25) is 5.43 Å². The third kappa shape index (κ3) is 5.19. The van der Waals surface area contributed by atoms with Gasteiger partial charge in [-0.1, -0.05) is 23.7 Å². The Hall–Kier alpha value is -3.72. The van der Waals surface area contributed by atoms with Crippen LogP contribution < -0.4 is 10.2 Å². The summed E-state index contributed by atoms with van der Waals surface area (Å²) < 4.78 is 57.2. The maximum atomic E-state index is 14.8. The molecule has 0 aliphatic heterocycles. The number of ether oxygens (including phenoxy) is 1. The molecule has 0 atom stereocenters. The van der Waals surface area contributed by atoms with E-state index in [0.717, 1.165) is 23.8 Å². The van der Waals surface area contributed by atoms with Crippen molar-refractivity contribution in [1.82, 2.24) is 14.8 Å². The van der Waals surface area contributed by atoms with E-state index in [1.165, 1.54) is 28.9 Å². The van der Waals surface area contributed by atoms with Gasteiger partial charge < -0.3 is 4.74 Å². The first-order valence-corrected chi connectivity index (χ1v) is 10.7. The fourth-order valence-corrected chi connectivity index (χ4v) is 3.67. The predicted octanol–water partition coefficient (Wildman–Crippen LogP) is 6.65. The Bertz CT molecular complexity index is 1530. The van der Waals surface area contributed by atoms with Gasteiger partial charge in [-0.25, -0.2) is 14.1 Å². The fraction of sp³-hybridized carbons (Fsp3) is 0.160. The highest BCUT2D eigenvalue weighted by Gasteiger charge is 2.31. The monoisotopic (exact) mass is 503 g/mol. The van der Waals surface area contributed by atoms with Crippen molar-refractivity contribution < 1.29 is 22.3 Å². The Morgan fingerprint density at radius 1 is 1.09 bits per heavy atom. The lowest BCUT2D eigenvalue weighted by Crippen LogP contribution is -2.20. The molecule has 180 valence electrons. The summed E-state index contributed by atoms with van der Waals surface area (Å²) in [5.41, 5.74) is 2.41. The smallest absolute Gasteiger partial charge is 0.406 e. The highest BCUT2D eigenvalue weighted by Crippen LogP contribution is 2.26. The van der Waals surface area contributed by atoms with Gasteiger partial charge in [-0.15, -0.1) is 13.2 Å². The summed E-state index contributed by atoms with van der Waals surface area (Å²) in [7, 11) is 0. The van der Waals surface area contributed by atoms with E-state index in [2.05, 4.69) is 14.8 Å². The molecule has 0 amide bonds. The first kappa shape index (κ1) is 24.4. The molecule has 2 aromatic carbocycles. The average Bonchev–Trinajstić information content (AvgIpc) is 2.76. The molecular formula is C25H18ClF4N3O2. The summed E-state index contributed by atoms with van der Waals surface area (Å²) >= 11 is 5.90. The summed E-state index contributed by atoms with van der Waals surface area (Å²) in [6.45, 7) is 5.20. The number of alkyl halides is 3. The van der Waals surface area contributed by atoms with Crippen molar-refractivity contribution in [2.24, 2.45) is 0 Å². The van der Waals surface area contributed by atoms with Crippen LogP contribution in [0.3, 0.4) is 0 Å². The second-order valence-electron chi connectivity index (χ2n) is 7.89. The lowest BCUT2D eigenvalue weighted by Gasteiger charge is -2.14. The molecule has 0 saturated carbocycles. The lowest BCUT2D eigenvalue weighted by atomic mass is 10.1.